The summed E-state index contributed by atoms with van der Waals surface area (Å²) in [6.45, 7) is 3.66. The van der Waals surface area contributed by atoms with Gasteiger partial charge < -0.3 is 20.2 Å². The van der Waals surface area contributed by atoms with Gasteiger partial charge in [0, 0.05) is 37.0 Å². The number of hydrogen-bond acceptors (Lipinski definition) is 7. The molecule has 0 spiro atoms. The molecule has 5 rings (SSSR count). The lowest BCUT2D eigenvalue weighted by Gasteiger charge is -2.29. The molecule has 1 fully saturated rings. The van der Waals surface area contributed by atoms with Crippen molar-refractivity contribution in [3.63, 3.8) is 0 Å². The van der Waals surface area contributed by atoms with Gasteiger partial charge in [-0.2, -0.15) is 18.2 Å². The van der Waals surface area contributed by atoms with E-state index < -0.39 is 31.2 Å². The van der Waals surface area contributed by atoms with E-state index in [-0.39, 0.29) is 6.54 Å². The molecule has 9 nitrogen and oxygen atoms in total. The molecule has 2 aliphatic heterocycles. The van der Waals surface area contributed by atoms with Crippen LogP contribution in [0.25, 0.3) is 11.2 Å². The first-order chi connectivity index (χ1) is 20.1. The average molecular weight is 586 g/mol. The van der Waals surface area contributed by atoms with Crippen LogP contribution in [-0.2, 0) is 4.79 Å². The molecule has 2 aliphatic rings. The smallest absolute Gasteiger partial charge is 0.374 e. The molecule has 1 unspecified atom stereocenters. The van der Waals surface area contributed by atoms with E-state index in [2.05, 4.69) is 32.7 Å². The molecule has 1 atom stereocenters. The molecule has 12 heteroatoms. The van der Waals surface area contributed by atoms with E-state index in [0.717, 1.165) is 48.4 Å². The summed E-state index contributed by atoms with van der Waals surface area (Å²) >= 11 is 0. The number of aromatic nitrogens is 3. The maximum atomic E-state index is 12.5. The van der Waals surface area contributed by atoms with E-state index in [4.69, 9.17) is 0 Å². The number of aliphatic hydroxyl groups excluding tert-OH is 1. The van der Waals surface area contributed by atoms with Crippen LogP contribution in [-0.4, -0.2) is 81.4 Å². The van der Waals surface area contributed by atoms with Crippen LogP contribution in [0.15, 0.2) is 48.7 Å². The van der Waals surface area contributed by atoms with Crippen molar-refractivity contribution < 1.29 is 23.1 Å². The summed E-state index contributed by atoms with van der Waals surface area (Å²) in [4.78, 5) is 20.7. The third kappa shape index (κ3) is 7.87. The second kappa shape index (κ2) is 13.2. The lowest BCUT2D eigenvalue weighted by Crippen LogP contribution is -2.35. The zero-order valence-electron chi connectivity index (χ0n) is 23.8. The van der Waals surface area contributed by atoms with E-state index in [1.807, 2.05) is 42.5 Å². The quantitative estimate of drug-likeness (QED) is 0.296. The number of aliphatic hydroxyl groups is 1. The van der Waals surface area contributed by atoms with Gasteiger partial charge in [0.25, 0.3) is 0 Å². The third-order valence-corrected chi connectivity index (χ3v) is 8.10. The van der Waals surface area contributed by atoms with Gasteiger partial charge in [0.1, 0.15) is 6.23 Å². The summed E-state index contributed by atoms with van der Waals surface area (Å²) in [5, 5.41) is 21.6. The van der Waals surface area contributed by atoms with Crippen molar-refractivity contribution in [2.45, 2.75) is 50.9 Å². The fourth-order valence-electron chi connectivity index (χ4n) is 5.53. The van der Waals surface area contributed by atoms with Gasteiger partial charge in [0.05, 0.1) is 6.42 Å². The molecule has 42 heavy (non-hydrogen) atoms. The number of likely N-dealkylation sites (tertiary alicyclic amines) is 1. The Bertz CT molecular complexity index is 1380. The van der Waals surface area contributed by atoms with Crippen molar-refractivity contribution in [3.05, 3.63) is 59.8 Å². The van der Waals surface area contributed by atoms with Crippen LogP contribution in [0.2, 0.25) is 0 Å². The predicted molar refractivity (Wildman–Crippen MR) is 155 cm³/mol. The van der Waals surface area contributed by atoms with Crippen molar-refractivity contribution in [2.75, 3.05) is 45.1 Å². The highest BCUT2D eigenvalue weighted by atomic mass is 19.4. The highest BCUT2D eigenvalue weighted by molar-refractivity contribution is 5.81. The number of pyridine rings is 1. The molecule has 2 aromatic heterocycles. The second-order valence-corrected chi connectivity index (χ2v) is 11.2. The maximum Gasteiger partial charge on any atom is 0.389 e. The van der Waals surface area contributed by atoms with Crippen LogP contribution in [0.5, 0.6) is 0 Å². The molecule has 0 radical (unpaired) electrons. The number of alkyl halides is 3. The van der Waals surface area contributed by atoms with Crippen molar-refractivity contribution >= 4 is 28.8 Å². The summed E-state index contributed by atoms with van der Waals surface area (Å²) in [6, 6.07) is 11.3. The monoisotopic (exact) mass is 585 g/mol. The van der Waals surface area contributed by atoms with Crippen LogP contribution >= 0.6 is 0 Å². The Balaban J connectivity index is 1.16. The maximum absolute atomic E-state index is 12.5. The molecule has 0 saturated carbocycles. The standard InChI is InChI=1S/C30H38F3N7O2/c1-38-17-10-21(11-18-38)9-15-34-28(42)23-4-6-24(7-5-23)35-29-36-27-25(3-2-16-40(27)37-29)22-12-19-39(20-13-22)26(41)8-14-30(31,32)33/h2-7,12,16,21,28,34,42H,8-11,13-15,17-20H2,1H3,(H,35,37). The minimum absolute atomic E-state index is 0.261. The van der Waals surface area contributed by atoms with Gasteiger partial charge in [-0.15, -0.1) is 5.10 Å². The van der Waals surface area contributed by atoms with E-state index in [1.165, 1.54) is 17.7 Å². The predicted octanol–water partition coefficient (Wildman–Crippen LogP) is 4.74. The number of amides is 1. The fraction of sp³-hybridized carbons (Fsp3) is 0.500. The SMILES string of the molecule is CN1CCC(CCNC(O)c2ccc(Nc3nc4c(C5=CCN(C(=O)CCC(F)(F)F)CC5)cccn4n3)cc2)CC1. The number of benzene rings is 1. The third-order valence-electron chi connectivity index (χ3n) is 8.10. The van der Waals surface area contributed by atoms with Gasteiger partial charge in [-0.25, -0.2) is 4.52 Å². The number of piperidine rings is 1. The number of carbonyl (C=O) groups excluding carboxylic acids is 1. The molecule has 3 N–H and O–H groups in total. The molecule has 1 amide bonds. The Morgan fingerprint density at radius 2 is 1.90 bits per heavy atom. The first kappa shape index (κ1) is 30.0. The number of nitrogens with one attached hydrogen (secondary N) is 2. The average Bonchev–Trinajstić information content (AvgIpc) is 3.39. The van der Waals surface area contributed by atoms with Crippen molar-refractivity contribution in [3.8, 4) is 0 Å². The second-order valence-electron chi connectivity index (χ2n) is 11.2. The number of halogens is 3. The molecule has 1 aromatic carbocycles. The normalized spacial score (nSPS) is 17.8. The van der Waals surface area contributed by atoms with Crippen LogP contribution in [0.4, 0.5) is 24.8 Å². The lowest BCUT2D eigenvalue weighted by molar-refractivity contribution is -0.148. The van der Waals surface area contributed by atoms with Gasteiger partial charge in [0.15, 0.2) is 5.65 Å². The van der Waals surface area contributed by atoms with Gasteiger partial charge >= 0.3 is 6.18 Å². The van der Waals surface area contributed by atoms with E-state index >= 15 is 0 Å². The van der Waals surface area contributed by atoms with Gasteiger partial charge in [0.2, 0.25) is 11.9 Å². The summed E-state index contributed by atoms with van der Waals surface area (Å²) < 4.78 is 39.1. The van der Waals surface area contributed by atoms with Gasteiger partial charge in [-0.05, 0) is 93.7 Å². The number of fused-ring (bicyclic) bond motifs is 1. The Morgan fingerprint density at radius 3 is 2.60 bits per heavy atom. The number of carbonyl (C=O) groups is 1. The molecule has 0 aliphatic carbocycles. The highest BCUT2D eigenvalue weighted by Gasteiger charge is 2.29. The molecule has 3 aromatic rings. The van der Waals surface area contributed by atoms with Gasteiger partial charge in [-0.1, -0.05) is 18.2 Å². The van der Waals surface area contributed by atoms with Crippen LogP contribution < -0.4 is 10.6 Å². The Morgan fingerprint density at radius 1 is 1.14 bits per heavy atom. The molecular formula is C30H38F3N7O2. The minimum Gasteiger partial charge on any atom is -0.374 e. The zero-order chi connectivity index (χ0) is 29.7. The number of anilines is 2. The number of nitrogens with zero attached hydrogens (tertiary/aromatic N) is 5. The van der Waals surface area contributed by atoms with Crippen molar-refractivity contribution in [1.29, 1.82) is 0 Å². The molecule has 4 heterocycles. The summed E-state index contributed by atoms with van der Waals surface area (Å²) in [7, 11) is 2.16. The largest absolute Gasteiger partial charge is 0.389 e. The highest BCUT2D eigenvalue weighted by Crippen LogP contribution is 2.28. The van der Waals surface area contributed by atoms with Gasteiger partial charge in [-0.3, -0.25) is 10.1 Å². The topological polar surface area (TPSA) is 98.0 Å². The number of hydrogen-bond donors (Lipinski definition) is 3. The summed E-state index contributed by atoms with van der Waals surface area (Å²) in [5.41, 5.74) is 4.04. The zero-order valence-corrected chi connectivity index (χ0v) is 23.8. The van der Waals surface area contributed by atoms with E-state index in [1.54, 1.807) is 10.7 Å². The Labute approximate surface area is 243 Å². The van der Waals surface area contributed by atoms with Crippen LogP contribution in [0, 0.1) is 5.92 Å². The molecular weight excluding hydrogens is 547 g/mol. The molecule has 226 valence electrons. The van der Waals surface area contributed by atoms with Crippen LogP contribution in [0.1, 0.15) is 55.9 Å². The minimum atomic E-state index is -4.34. The summed E-state index contributed by atoms with van der Waals surface area (Å²) in [5.74, 6) is 0.625. The molecule has 1 saturated heterocycles. The van der Waals surface area contributed by atoms with E-state index in [9.17, 15) is 23.1 Å². The Hall–Kier alpha value is -3.48. The van der Waals surface area contributed by atoms with Crippen LogP contribution in [0.3, 0.4) is 0 Å². The first-order valence-electron chi connectivity index (χ1n) is 14.5. The first-order valence-corrected chi connectivity index (χ1v) is 14.5. The lowest BCUT2D eigenvalue weighted by atomic mass is 9.94. The Kier molecular flexibility index (Phi) is 9.44. The number of rotatable bonds is 10. The van der Waals surface area contributed by atoms with Crippen molar-refractivity contribution in [1.82, 2.24) is 29.7 Å². The fourth-order valence-corrected chi connectivity index (χ4v) is 5.53. The van der Waals surface area contributed by atoms with E-state index in [0.29, 0.717) is 30.5 Å². The molecule has 0 bridgehead atoms. The summed E-state index contributed by atoms with van der Waals surface area (Å²) in [6.07, 6.45) is 0.946. The van der Waals surface area contributed by atoms with Crippen molar-refractivity contribution in [2.24, 2.45) is 5.92 Å².